The molecule has 1 N–H and O–H groups in total. The maximum atomic E-state index is 12.6. The van der Waals surface area contributed by atoms with Crippen molar-refractivity contribution in [2.75, 3.05) is 18.5 Å². The maximum absolute atomic E-state index is 12.6. The predicted octanol–water partition coefficient (Wildman–Crippen LogP) is 5.05. The summed E-state index contributed by atoms with van der Waals surface area (Å²) in [5.74, 6) is 0.410. The summed E-state index contributed by atoms with van der Waals surface area (Å²) in [5, 5.41) is 5.18. The number of aromatic nitrogens is 1. The lowest BCUT2D eigenvalue weighted by Gasteiger charge is -2.25. The number of piperidine rings is 1. The second-order valence-corrected chi connectivity index (χ2v) is 9.48. The highest BCUT2D eigenvalue weighted by Crippen LogP contribution is 2.33. The lowest BCUT2D eigenvalue weighted by molar-refractivity contribution is 0.346. The maximum Gasteiger partial charge on any atom is 0.244 e. The molecule has 6 nitrogen and oxygen atoms in total. The zero-order chi connectivity index (χ0) is 20.3. The molecule has 0 aliphatic carbocycles. The van der Waals surface area contributed by atoms with Gasteiger partial charge in [-0.25, -0.2) is 13.4 Å². The third kappa shape index (κ3) is 4.60. The lowest BCUT2D eigenvalue weighted by atomic mass is 10.1. The highest BCUT2D eigenvalue weighted by atomic mass is 35.5. The van der Waals surface area contributed by atoms with Crippen LogP contribution in [0.15, 0.2) is 40.5 Å². The number of benzene rings is 1. The Bertz CT molecular complexity index is 989. The summed E-state index contributed by atoms with van der Waals surface area (Å²) in [5.41, 5.74) is 4.01. The second kappa shape index (κ2) is 8.97. The van der Waals surface area contributed by atoms with Crippen LogP contribution in [0.3, 0.4) is 0 Å². The molecule has 0 saturated carbocycles. The number of anilines is 1. The predicted molar refractivity (Wildman–Crippen MR) is 114 cm³/mol. The van der Waals surface area contributed by atoms with Crippen molar-refractivity contribution in [1.29, 1.82) is 0 Å². The molecule has 0 bridgehead atoms. The minimum Gasteiger partial charge on any atom is -0.261 e. The van der Waals surface area contributed by atoms with Gasteiger partial charge in [0.2, 0.25) is 10.0 Å². The summed E-state index contributed by atoms with van der Waals surface area (Å²) in [6.07, 6.45) is 4.17. The van der Waals surface area contributed by atoms with Crippen molar-refractivity contribution < 1.29 is 8.42 Å². The van der Waals surface area contributed by atoms with Crippen molar-refractivity contribution in [3.63, 3.8) is 0 Å². The summed E-state index contributed by atoms with van der Waals surface area (Å²) in [6, 6.07) is 6.46. The minimum absolute atomic E-state index is 0.174. The van der Waals surface area contributed by atoms with E-state index in [0.717, 1.165) is 19.3 Å². The number of halogens is 3. The molecule has 1 aliphatic rings. The molecule has 1 fully saturated rings. The number of sulfonamides is 1. The first kappa shape index (κ1) is 21.3. The first-order valence-corrected chi connectivity index (χ1v) is 11.3. The van der Waals surface area contributed by atoms with E-state index in [1.165, 1.54) is 16.6 Å². The topological polar surface area (TPSA) is 74.7 Å². The standard InChI is InChI=1S/C18H19Cl3N4O2S/c1-12(14-6-7-15(19)18(21)17(14)20)23-24-16-8-5-13(11-22-16)28(26,27)25-9-3-2-4-10-25/h5-8,11H,2-4,9-10H2,1H3,(H,22,24)/b23-12-. The van der Waals surface area contributed by atoms with Crippen molar-refractivity contribution >= 4 is 56.4 Å². The first-order valence-electron chi connectivity index (χ1n) is 8.71. The molecule has 2 aromatic rings. The summed E-state index contributed by atoms with van der Waals surface area (Å²) >= 11 is 18.2. The number of hydrazone groups is 1. The average Bonchev–Trinajstić information content (AvgIpc) is 2.71. The van der Waals surface area contributed by atoms with E-state index in [2.05, 4.69) is 15.5 Å². The fourth-order valence-corrected chi connectivity index (χ4v) is 5.00. The fraction of sp³-hybridized carbons (Fsp3) is 0.333. The summed E-state index contributed by atoms with van der Waals surface area (Å²) in [4.78, 5) is 4.33. The SMILES string of the molecule is C/C(=N/Nc1ccc(S(=O)(=O)N2CCCCC2)cn1)c1ccc(Cl)c(Cl)c1Cl. The Kier molecular flexibility index (Phi) is 6.83. The Labute approximate surface area is 179 Å². The third-order valence-electron chi connectivity index (χ3n) is 4.45. The number of rotatable bonds is 5. The molecule has 3 rings (SSSR count). The van der Waals surface area contributed by atoms with Gasteiger partial charge in [0.25, 0.3) is 0 Å². The largest absolute Gasteiger partial charge is 0.261 e. The molecule has 0 radical (unpaired) electrons. The van der Waals surface area contributed by atoms with Crippen molar-refractivity contribution in [2.45, 2.75) is 31.1 Å². The van der Waals surface area contributed by atoms with Gasteiger partial charge in [0.15, 0.2) is 0 Å². The van der Waals surface area contributed by atoms with Crippen molar-refractivity contribution in [2.24, 2.45) is 5.10 Å². The van der Waals surface area contributed by atoms with Gasteiger partial charge in [-0.2, -0.15) is 9.41 Å². The minimum atomic E-state index is -3.50. The zero-order valence-corrected chi connectivity index (χ0v) is 18.2. The van der Waals surface area contributed by atoms with Gasteiger partial charge < -0.3 is 0 Å². The number of nitrogens with one attached hydrogen (secondary N) is 1. The van der Waals surface area contributed by atoms with Crippen LogP contribution in [-0.2, 0) is 10.0 Å². The Morgan fingerprint density at radius 2 is 1.79 bits per heavy atom. The average molecular weight is 462 g/mol. The highest BCUT2D eigenvalue weighted by Gasteiger charge is 2.26. The Morgan fingerprint density at radius 1 is 1.07 bits per heavy atom. The van der Waals surface area contributed by atoms with E-state index in [4.69, 9.17) is 34.8 Å². The van der Waals surface area contributed by atoms with Crippen molar-refractivity contribution in [3.05, 3.63) is 51.1 Å². The summed E-state index contributed by atoms with van der Waals surface area (Å²) in [6.45, 7) is 2.86. The van der Waals surface area contributed by atoms with Gasteiger partial charge in [-0.3, -0.25) is 5.43 Å². The smallest absolute Gasteiger partial charge is 0.244 e. The van der Waals surface area contributed by atoms with E-state index in [-0.39, 0.29) is 9.92 Å². The lowest BCUT2D eigenvalue weighted by Crippen LogP contribution is -2.35. The van der Waals surface area contributed by atoms with Gasteiger partial charge in [-0.05, 0) is 38.0 Å². The molecule has 1 saturated heterocycles. The van der Waals surface area contributed by atoms with Crippen LogP contribution in [0, 0.1) is 0 Å². The Morgan fingerprint density at radius 3 is 2.43 bits per heavy atom. The van der Waals surface area contributed by atoms with E-state index in [0.29, 0.717) is 40.2 Å². The number of hydrogen-bond acceptors (Lipinski definition) is 5. The van der Waals surface area contributed by atoms with Crippen LogP contribution < -0.4 is 5.43 Å². The third-order valence-corrected chi connectivity index (χ3v) is 7.63. The second-order valence-electron chi connectivity index (χ2n) is 6.38. The molecule has 1 aromatic heterocycles. The molecule has 1 aromatic carbocycles. The normalized spacial score (nSPS) is 16.2. The van der Waals surface area contributed by atoms with E-state index < -0.39 is 10.0 Å². The summed E-state index contributed by atoms with van der Waals surface area (Å²) in [7, 11) is -3.50. The van der Waals surface area contributed by atoms with Crippen molar-refractivity contribution in [3.8, 4) is 0 Å². The number of pyridine rings is 1. The first-order chi connectivity index (χ1) is 13.3. The quantitative estimate of drug-likeness (QED) is 0.384. The summed E-state index contributed by atoms with van der Waals surface area (Å²) < 4.78 is 26.8. The van der Waals surface area contributed by atoms with Gasteiger partial charge in [-0.1, -0.05) is 47.3 Å². The molecule has 10 heteroatoms. The molecule has 0 spiro atoms. The van der Waals surface area contributed by atoms with Crippen LogP contribution in [0.5, 0.6) is 0 Å². The van der Waals surface area contributed by atoms with Crippen LogP contribution in [0.2, 0.25) is 15.1 Å². The van der Waals surface area contributed by atoms with E-state index >= 15 is 0 Å². The molecule has 0 amide bonds. The van der Waals surface area contributed by atoms with Gasteiger partial charge in [0.05, 0.1) is 20.8 Å². The molecule has 0 atom stereocenters. The van der Waals surface area contributed by atoms with Crippen LogP contribution in [0.4, 0.5) is 5.82 Å². The fourth-order valence-electron chi connectivity index (χ4n) is 2.86. The molecule has 0 unspecified atom stereocenters. The van der Waals surface area contributed by atoms with Crippen LogP contribution in [-0.4, -0.2) is 36.5 Å². The monoisotopic (exact) mass is 460 g/mol. The van der Waals surface area contributed by atoms with E-state index in [9.17, 15) is 8.42 Å². The van der Waals surface area contributed by atoms with Crippen LogP contribution in [0.1, 0.15) is 31.7 Å². The highest BCUT2D eigenvalue weighted by molar-refractivity contribution is 7.89. The van der Waals surface area contributed by atoms with Gasteiger partial charge in [0, 0.05) is 24.8 Å². The molecular formula is C18H19Cl3N4O2S. The number of hydrogen-bond donors (Lipinski definition) is 1. The van der Waals surface area contributed by atoms with E-state index in [1.807, 2.05) is 0 Å². The number of nitrogens with zero attached hydrogens (tertiary/aromatic N) is 3. The Balaban J connectivity index is 1.74. The Hall–Kier alpha value is -1.38. The van der Waals surface area contributed by atoms with Crippen molar-refractivity contribution in [1.82, 2.24) is 9.29 Å². The zero-order valence-electron chi connectivity index (χ0n) is 15.1. The van der Waals surface area contributed by atoms with Gasteiger partial charge >= 0.3 is 0 Å². The van der Waals surface area contributed by atoms with Crippen LogP contribution >= 0.6 is 34.8 Å². The van der Waals surface area contributed by atoms with Crippen LogP contribution in [0.25, 0.3) is 0 Å². The van der Waals surface area contributed by atoms with E-state index in [1.54, 1.807) is 25.1 Å². The molecular weight excluding hydrogens is 443 g/mol. The molecule has 2 heterocycles. The van der Waals surface area contributed by atoms with Gasteiger partial charge in [0.1, 0.15) is 10.7 Å². The molecule has 28 heavy (non-hydrogen) atoms. The van der Waals surface area contributed by atoms with Gasteiger partial charge in [-0.15, -0.1) is 0 Å². The molecule has 1 aliphatic heterocycles. The molecule has 150 valence electrons.